The van der Waals surface area contributed by atoms with Gasteiger partial charge in [0.2, 0.25) is 0 Å². The summed E-state index contributed by atoms with van der Waals surface area (Å²) in [5, 5.41) is 3.35. The van der Waals surface area contributed by atoms with Crippen molar-refractivity contribution < 1.29 is 4.74 Å². The Morgan fingerprint density at radius 3 is 2.68 bits per heavy atom. The molecule has 0 spiro atoms. The topological polar surface area (TPSA) is 60.2 Å². The van der Waals surface area contributed by atoms with Gasteiger partial charge in [-0.05, 0) is 43.7 Å². The molecule has 19 heavy (non-hydrogen) atoms. The smallest absolute Gasteiger partial charge is 0.169 e. The summed E-state index contributed by atoms with van der Waals surface area (Å²) in [4.78, 5) is 4.32. The molecule has 4 nitrogen and oxygen atoms in total. The summed E-state index contributed by atoms with van der Waals surface area (Å²) in [6.07, 6.45) is 1.75. The molecule has 100 valence electrons. The van der Waals surface area contributed by atoms with Crippen LogP contribution in [0.15, 0.2) is 42.6 Å². The first kappa shape index (κ1) is 13.2. The molecule has 1 heterocycles. The summed E-state index contributed by atoms with van der Waals surface area (Å²) < 4.78 is 5.55. The lowest BCUT2D eigenvalue weighted by Crippen LogP contribution is -2.09. The Morgan fingerprint density at radius 1 is 1.26 bits per heavy atom. The molecule has 0 radical (unpaired) electrons. The molecular formula is C15H19N3O. The van der Waals surface area contributed by atoms with Crippen molar-refractivity contribution >= 4 is 11.5 Å². The summed E-state index contributed by atoms with van der Waals surface area (Å²) in [7, 11) is 0. The van der Waals surface area contributed by atoms with Crippen LogP contribution in [0.5, 0.6) is 5.75 Å². The second-order valence-corrected chi connectivity index (χ2v) is 4.32. The summed E-state index contributed by atoms with van der Waals surface area (Å²) in [5.41, 5.74) is 7.61. The van der Waals surface area contributed by atoms with Crippen LogP contribution in [0, 0.1) is 0 Å². The van der Waals surface area contributed by atoms with Crippen LogP contribution in [-0.2, 0) is 0 Å². The quantitative estimate of drug-likeness (QED) is 0.807. The maximum Gasteiger partial charge on any atom is 0.169 e. The van der Waals surface area contributed by atoms with Gasteiger partial charge in [0.05, 0.1) is 12.6 Å². The Bertz CT molecular complexity index is 525. The highest BCUT2D eigenvalue weighted by molar-refractivity contribution is 5.51. The number of nitrogens with two attached hydrogens (primary N) is 1. The van der Waals surface area contributed by atoms with Crippen LogP contribution >= 0.6 is 0 Å². The lowest BCUT2D eigenvalue weighted by molar-refractivity contribution is 0.340. The number of nitrogen functional groups attached to an aromatic ring is 1. The maximum absolute atomic E-state index is 5.69. The highest BCUT2D eigenvalue weighted by Gasteiger charge is 2.09. The van der Waals surface area contributed by atoms with Gasteiger partial charge in [0.25, 0.3) is 0 Å². The van der Waals surface area contributed by atoms with Crippen LogP contribution in [0.2, 0.25) is 0 Å². The molecule has 0 amide bonds. The minimum atomic E-state index is 0.134. The molecule has 1 unspecified atom stereocenters. The second kappa shape index (κ2) is 6.09. The van der Waals surface area contributed by atoms with Gasteiger partial charge in [-0.25, -0.2) is 4.98 Å². The first-order chi connectivity index (χ1) is 9.20. The maximum atomic E-state index is 5.69. The third-order valence-corrected chi connectivity index (χ3v) is 2.86. The number of hydrogen-bond donors (Lipinski definition) is 2. The Morgan fingerprint density at radius 2 is 2.00 bits per heavy atom. The molecule has 0 fully saturated rings. The number of aromatic nitrogens is 1. The van der Waals surface area contributed by atoms with Crippen molar-refractivity contribution in [2.45, 2.75) is 19.9 Å². The number of benzene rings is 1. The van der Waals surface area contributed by atoms with Gasteiger partial charge in [-0.1, -0.05) is 12.1 Å². The number of rotatable bonds is 5. The minimum Gasteiger partial charge on any atom is -0.490 e. The third-order valence-electron chi connectivity index (χ3n) is 2.86. The van der Waals surface area contributed by atoms with Crippen LogP contribution in [0.25, 0.3) is 0 Å². The summed E-state index contributed by atoms with van der Waals surface area (Å²) in [5.74, 6) is 1.53. The normalized spacial score (nSPS) is 11.9. The summed E-state index contributed by atoms with van der Waals surface area (Å²) >= 11 is 0. The van der Waals surface area contributed by atoms with Crippen molar-refractivity contribution in [3.8, 4) is 5.75 Å². The van der Waals surface area contributed by atoms with Crippen LogP contribution in [0.4, 0.5) is 11.5 Å². The zero-order valence-electron chi connectivity index (χ0n) is 11.3. The molecule has 1 aromatic carbocycles. The predicted octanol–water partition coefficient (Wildman–Crippen LogP) is 3.24. The van der Waals surface area contributed by atoms with E-state index in [4.69, 9.17) is 10.5 Å². The Hall–Kier alpha value is -2.23. The lowest BCUT2D eigenvalue weighted by Gasteiger charge is -2.17. The molecule has 0 bridgehead atoms. The Kier molecular flexibility index (Phi) is 4.23. The molecule has 0 aliphatic carbocycles. The first-order valence-electron chi connectivity index (χ1n) is 6.40. The van der Waals surface area contributed by atoms with Crippen molar-refractivity contribution in [1.29, 1.82) is 0 Å². The molecule has 0 saturated carbocycles. The van der Waals surface area contributed by atoms with E-state index in [1.807, 2.05) is 43.3 Å². The van der Waals surface area contributed by atoms with Gasteiger partial charge in [-0.2, -0.15) is 0 Å². The number of pyridine rings is 1. The molecule has 0 aliphatic heterocycles. The fraction of sp³-hybridized carbons (Fsp3) is 0.267. The van der Waals surface area contributed by atoms with Crippen molar-refractivity contribution in [3.05, 3.63) is 48.2 Å². The summed E-state index contributed by atoms with van der Waals surface area (Å²) in [6, 6.07) is 11.7. The molecular weight excluding hydrogens is 238 g/mol. The molecule has 2 aromatic rings. The van der Waals surface area contributed by atoms with E-state index in [0.717, 1.165) is 22.8 Å². The second-order valence-electron chi connectivity index (χ2n) is 4.32. The molecule has 1 atom stereocenters. The van der Waals surface area contributed by atoms with Gasteiger partial charge in [-0.15, -0.1) is 0 Å². The predicted molar refractivity (Wildman–Crippen MR) is 78.3 cm³/mol. The van der Waals surface area contributed by atoms with Crippen LogP contribution in [0.3, 0.4) is 0 Å². The van der Waals surface area contributed by atoms with Crippen LogP contribution in [0.1, 0.15) is 25.5 Å². The van der Waals surface area contributed by atoms with Crippen molar-refractivity contribution in [2.75, 3.05) is 17.7 Å². The SMILES string of the molecule is CCOc1cccnc1NC(C)c1ccc(N)cc1. The van der Waals surface area contributed by atoms with E-state index in [1.54, 1.807) is 6.20 Å². The largest absolute Gasteiger partial charge is 0.490 e. The van der Waals surface area contributed by atoms with Gasteiger partial charge in [0.15, 0.2) is 11.6 Å². The average Bonchev–Trinajstić information content (AvgIpc) is 2.42. The van der Waals surface area contributed by atoms with Crippen molar-refractivity contribution in [2.24, 2.45) is 0 Å². The van der Waals surface area contributed by atoms with E-state index >= 15 is 0 Å². The molecule has 4 heteroatoms. The van der Waals surface area contributed by atoms with E-state index < -0.39 is 0 Å². The monoisotopic (exact) mass is 257 g/mol. The molecule has 3 N–H and O–H groups in total. The highest BCUT2D eigenvalue weighted by atomic mass is 16.5. The van der Waals surface area contributed by atoms with Gasteiger partial charge in [0.1, 0.15) is 0 Å². The molecule has 2 rings (SSSR count). The molecule has 1 aromatic heterocycles. The van der Waals surface area contributed by atoms with Crippen LogP contribution in [-0.4, -0.2) is 11.6 Å². The number of nitrogens with zero attached hydrogens (tertiary/aromatic N) is 1. The van der Waals surface area contributed by atoms with E-state index in [9.17, 15) is 0 Å². The van der Waals surface area contributed by atoms with Crippen molar-refractivity contribution in [3.63, 3.8) is 0 Å². The first-order valence-corrected chi connectivity index (χ1v) is 6.40. The zero-order chi connectivity index (χ0) is 13.7. The zero-order valence-corrected chi connectivity index (χ0v) is 11.3. The number of ether oxygens (including phenoxy) is 1. The van der Waals surface area contributed by atoms with Crippen LogP contribution < -0.4 is 15.8 Å². The molecule has 0 aliphatic rings. The van der Waals surface area contributed by atoms with E-state index in [2.05, 4.69) is 17.2 Å². The van der Waals surface area contributed by atoms with E-state index in [1.165, 1.54) is 0 Å². The summed E-state index contributed by atoms with van der Waals surface area (Å²) in [6.45, 7) is 4.66. The Balaban J connectivity index is 2.14. The van der Waals surface area contributed by atoms with Gasteiger partial charge < -0.3 is 15.8 Å². The number of hydrogen-bond acceptors (Lipinski definition) is 4. The van der Waals surface area contributed by atoms with E-state index in [0.29, 0.717) is 6.61 Å². The van der Waals surface area contributed by atoms with E-state index in [-0.39, 0.29) is 6.04 Å². The van der Waals surface area contributed by atoms with Gasteiger partial charge in [0, 0.05) is 11.9 Å². The lowest BCUT2D eigenvalue weighted by atomic mass is 10.1. The van der Waals surface area contributed by atoms with Crippen molar-refractivity contribution in [1.82, 2.24) is 4.98 Å². The fourth-order valence-corrected chi connectivity index (χ4v) is 1.84. The standard InChI is InChI=1S/C15H19N3O/c1-3-19-14-5-4-10-17-15(14)18-11(2)12-6-8-13(16)9-7-12/h4-11H,3,16H2,1-2H3,(H,17,18). The van der Waals surface area contributed by atoms with Gasteiger partial charge in [-0.3, -0.25) is 0 Å². The fourth-order valence-electron chi connectivity index (χ4n) is 1.84. The highest BCUT2D eigenvalue weighted by Crippen LogP contribution is 2.26. The number of anilines is 2. The average molecular weight is 257 g/mol. The van der Waals surface area contributed by atoms with Gasteiger partial charge >= 0.3 is 0 Å². The minimum absolute atomic E-state index is 0.134. The number of nitrogens with one attached hydrogen (secondary N) is 1. The molecule has 0 saturated heterocycles. The Labute approximate surface area is 113 Å². The third kappa shape index (κ3) is 3.37.